The molecule has 0 aliphatic rings. The first-order valence-electron chi connectivity index (χ1n) is 3.53. The van der Waals surface area contributed by atoms with Gasteiger partial charge in [-0.05, 0) is 6.92 Å². The number of nitriles is 1. The van der Waals surface area contributed by atoms with E-state index in [1.165, 1.54) is 6.92 Å². The minimum absolute atomic E-state index is 0.0106. The summed E-state index contributed by atoms with van der Waals surface area (Å²) in [6.45, 7) is 6.59. The molecule has 1 atom stereocenters. The summed E-state index contributed by atoms with van der Waals surface area (Å²) in [7, 11) is 0. The van der Waals surface area contributed by atoms with Crippen molar-refractivity contribution in [1.82, 2.24) is 0 Å². The zero-order chi connectivity index (χ0) is 9.07. The Morgan fingerprint density at radius 1 is 1.64 bits per heavy atom. The van der Waals surface area contributed by atoms with Gasteiger partial charge in [-0.25, -0.2) is 0 Å². The SMILES string of the molecule is CC(=O)O[C@](C)(C#N)C(C)C. The Bertz CT molecular complexity index is 193. The molecule has 3 nitrogen and oxygen atoms in total. The first-order valence-corrected chi connectivity index (χ1v) is 3.53. The zero-order valence-corrected chi connectivity index (χ0v) is 7.34. The van der Waals surface area contributed by atoms with Crippen LogP contribution in [0.3, 0.4) is 0 Å². The lowest BCUT2D eigenvalue weighted by Crippen LogP contribution is -2.34. The fourth-order valence-electron chi connectivity index (χ4n) is 0.568. The summed E-state index contributed by atoms with van der Waals surface area (Å²) in [5, 5.41) is 8.68. The molecule has 0 amide bonds. The van der Waals surface area contributed by atoms with Gasteiger partial charge in [0, 0.05) is 12.8 Å². The lowest BCUT2D eigenvalue weighted by atomic mass is 9.94. The lowest BCUT2D eigenvalue weighted by molar-refractivity contribution is -0.153. The van der Waals surface area contributed by atoms with Crippen LogP contribution in [0, 0.1) is 17.2 Å². The van der Waals surface area contributed by atoms with Gasteiger partial charge < -0.3 is 4.74 Å². The van der Waals surface area contributed by atoms with E-state index in [1.807, 2.05) is 19.9 Å². The van der Waals surface area contributed by atoms with Crippen LogP contribution in [0.5, 0.6) is 0 Å². The van der Waals surface area contributed by atoms with Crippen molar-refractivity contribution >= 4 is 5.97 Å². The smallest absolute Gasteiger partial charge is 0.304 e. The molecule has 0 aromatic carbocycles. The number of esters is 1. The van der Waals surface area contributed by atoms with E-state index in [0.29, 0.717) is 0 Å². The Hall–Kier alpha value is -1.04. The Morgan fingerprint density at radius 2 is 2.09 bits per heavy atom. The van der Waals surface area contributed by atoms with Gasteiger partial charge in [0.1, 0.15) is 6.07 Å². The maximum Gasteiger partial charge on any atom is 0.304 e. The van der Waals surface area contributed by atoms with E-state index in [4.69, 9.17) is 10.00 Å². The minimum Gasteiger partial charge on any atom is -0.444 e. The van der Waals surface area contributed by atoms with Crippen LogP contribution >= 0.6 is 0 Å². The fraction of sp³-hybridized carbons (Fsp3) is 0.750. The van der Waals surface area contributed by atoms with E-state index in [-0.39, 0.29) is 5.92 Å². The monoisotopic (exact) mass is 155 g/mol. The maximum atomic E-state index is 10.5. The van der Waals surface area contributed by atoms with E-state index in [9.17, 15) is 4.79 Å². The van der Waals surface area contributed by atoms with Crippen LogP contribution in [0.1, 0.15) is 27.7 Å². The van der Waals surface area contributed by atoms with Crippen molar-refractivity contribution < 1.29 is 9.53 Å². The molecule has 62 valence electrons. The number of ether oxygens (including phenoxy) is 1. The van der Waals surface area contributed by atoms with Gasteiger partial charge in [0.2, 0.25) is 0 Å². The largest absolute Gasteiger partial charge is 0.444 e. The van der Waals surface area contributed by atoms with Crippen LogP contribution in [-0.4, -0.2) is 11.6 Å². The van der Waals surface area contributed by atoms with E-state index in [1.54, 1.807) is 6.92 Å². The van der Waals surface area contributed by atoms with Crippen LogP contribution in [0.2, 0.25) is 0 Å². The maximum absolute atomic E-state index is 10.5. The summed E-state index contributed by atoms with van der Waals surface area (Å²) >= 11 is 0. The molecule has 0 saturated carbocycles. The van der Waals surface area contributed by atoms with Gasteiger partial charge in [-0.15, -0.1) is 0 Å². The average Bonchev–Trinajstić information content (AvgIpc) is 1.86. The highest BCUT2D eigenvalue weighted by molar-refractivity contribution is 5.67. The first-order chi connectivity index (χ1) is 4.92. The third-order valence-corrected chi connectivity index (χ3v) is 1.68. The van der Waals surface area contributed by atoms with Crippen molar-refractivity contribution in [3.05, 3.63) is 0 Å². The van der Waals surface area contributed by atoms with Gasteiger partial charge in [0.05, 0.1) is 0 Å². The molecule has 0 rings (SSSR count). The summed E-state index contributed by atoms with van der Waals surface area (Å²) in [5.74, 6) is -0.404. The summed E-state index contributed by atoms with van der Waals surface area (Å²) in [6.07, 6.45) is 0. The summed E-state index contributed by atoms with van der Waals surface area (Å²) in [6, 6.07) is 1.97. The third kappa shape index (κ3) is 2.58. The van der Waals surface area contributed by atoms with E-state index in [2.05, 4.69) is 0 Å². The number of carbonyl (C=O) groups excluding carboxylic acids is 1. The molecule has 0 N–H and O–H groups in total. The van der Waals surface area contributed by atoms with Crippen molar-refractivity contribution in [1.29, 1.82) is 5.26 Å². The normalized spacial score (nSPS) is 15.3. The van der Waals surface area contributed by atoms with Crippen LogP contribution in [0.4, 0.5) is 0 Å². The topological polar surface area (TPSA) is 50.1 Å². The van der Waals surface area contributed by atoms with E-state index < -0.39 is 11.6 Å². The van der Waals surface area contributed by atoms with Gasteiger partial charge in [-0.3, -0.25) is 4.79 Å². The van der Waals surface area contributed by atoms with Crippen LogP contribution in [0.15, 0.2) is 0 Å². The number of nitrogens with zero attached hydrogens (tertiary/aromatic N) is 1. The standard InChI is InChI=1S/C8H13NO2/c1-6(2)8(4,5-9)11-7(3)10/h6H,1-4H3/t8-/m1/s1. The molecule has 11 heavy (non-hydrogen) atoms. The minimum atomic E-state index is -0.980. The quantitative estimate of drug-likeness (QED) is 0.567. The van der Waals surface area contributed by atoms with Crippen LogP contribution in [-0.2, 0) is 9.53 Å². The summed E-state index contributed by atoms with van der Waals surface area (Å²) in [5.41, 5.74) is -0.980. The molecule has 0 radical (unpaired) electrons. The average molecular weight is 155 g/mol. The molecule has 0 aromatic rings. The molecule has 0 aliphatic heterocycles. The molecule has 3 heteroatoms. The second-order valence-corrected chi connectivity index (χ2v) is 2.97. The fourth-order valence-corrected chi connectivity index (χ4v) is 0.568. The van der Waals surface area contributed by atoms with E-state index >= 15 is 0 Å². The molecule has 0 unspecified atom stereocenters. The second kappa shape index (κ2) is 3.38. The summed E-state index contributed by atoms with van der Waals surface area (Å²) in [4.78, 5) is 10.5. The Balaban J connectivity index is 4.38. The highest BCUT2D eigenvalue weighted by Crippen LogP contribution is 2.20. The lowest BCUT2D eigenvalue weighted by Gasteiger charge is -2.24. The van der Waals surface area contributed by atoms with Gasteiger partial charge in [0.25, 0.3) is 0 Å². The highest BCUT2D eigenvalue weighted by Gasteiger charge is 2.31. The number of rotatable bonds is 2. The first kappa shape index (κ1) is 9.96. The second-order valence-electron chi connectivity index (χ2n) is 2.97. The van der Waals surface area contributed by atoms with Crippen molar-refractivity contribution in [2.24, 2.45) is 5.92 Å². The van der Waals surface area contributed by atoms with Crippen LogP contribution in [0.25, 0.3) is 0 Å². The van der Waals surface area contributed by atoms with Gasteiger partial charge in [-0.2, -0.15) is 5.26 Å². The Morgan fingerprint density at radius 3 is 2.18 bits per heavy atom. The molecule has 0 aromatic heterocycles. The van der Waals surface area contributed by atoms with Crippen molar-refractivity contribution in [2.45, 2.75) is 33.3 Å². The molecule has 0 heterocycles. The van der Waals surface area contributed by atoms with E-state index in [0.717, 1.165) is 0 Å². The third-order valence-electron chi connectivity index (χ3n) is 1.68. The molecule has 0 bridgehead atoms. The molecule has 0 saturated heterocycles. The number of hydrogen-bond acceptors (Lipinski definition) is 3. The number of hydrogen-bond donors (Lipinski definition) is 0. The van der Waals surface area contributed by atoms with Gasteiger partial charge in [0.15, 0.2) is 5.60 Å². The molecular formula is C8H13NO2. The predicted octanol–water partition coefficient (Wildman–Crippen LogP) is 1.49. The van der Waals surface area contributed by atoms with Crippen LogP contribution < -0.4 is 0 Å². The molecule has 0 fully saturated rings. The van der Waals surface area contributed by atoms with Gasteiger partial charge >= 0.3 is 5.97 Å². The molecular weight excluding hydrogens is 142 g/mol. The van der Waals surface area contributed by atoms with Gasteiger partial charge in [-0.1, -0.05) is 13.8 Å². The molecule has 0 spiro atoms. The zero-order valence-electron chi connectivity index (χ0n) is 7.34. The predicted molar refractivity (Wildman–Crippen MR) is 40.6 cm³/mol. The highest BCUT2D eigenvalue weighted by atomic mass is 16.6. The Labute approximate surface area is 67.0 Å². The van der Waals surface area contributed by atoms with Crippen molar-refractivity contribution in [3.8, 4) is 6.07 Å². The summed E-state index contributed by atoms with van der Waals surface area (Å²) < 4.78 is 4.85. The number of carbonyl (C=O) groups is 1. The van der Waals surface area contributed by atoms with Crippen molar-refractivity contribution in [2.75, 3.05) is 0 Å². The van der Waals surface area contributed by atoms with Crippen molar-refractivity contribution in [3.63, 3.8) is 0 Å². The Kier molecular flexibility index (Phi) is 3.06. The molecule has 0 aliphatic carbocycles.